The average molecular weight is 589 g/mol. The first kappa shape index (κ1) is 22.3. The van der Waals surface area contributed by atoms with Crippen LogP contribution in [0.15, 0.2) is 29.9 Å². The van der Waals surface area contributed by atoms with Gasteiger partial charge in [-0.05, 0) is 41.3 Å². The van der Waals surface area contributed by atoms with Gasteiger partial charge in [-0.25, -0.2) is 8.42 Å². The lowest BCUT2D eigenvalue weighted by Gasteiger charge is -2.26. The van der Waals surface area contributed by atoms with Crippen molar-refractivity contribution in [2.24, 2.45) is 0 Å². The highest BCUT2D eigenvalue weighted by molar-refractivity contribution is 9.39. The first-order valence-corrected chi connectivity index (χ1v) is 13.1. The summed E-state index contributed by atoms with van der Waals surface area (Å²) in [5, 5.41) is 2.07. The van der Waals surface area contributed by atoms with Crippen molar-refractivity contribution in [1.82, 2.24) is 4.98 Å². The Morgan fingerprint density at radius 3 is 2.50 bits per heavy atom. The molecule has 0 aliphatic heterocycles. The lowest BCUT2D eigenvalue weighted by molar-refractivity contribution is 0.596. The molecule has 2 rings (SSSR count). The number of aryl methyl sites for hydroxylation is 1. The second-order valence-electron chi connectivity index (χ2n) is 6.37. The predicted molar refractivity (Wildman–Crippen MR) is 122 cm³/mol. The molecule has 0 fully saturated rings. The van der Waals surface area contributed by atoms with Crippen LogP contribution in [-0.2, 0) is 23.0 Å². The Morgan fingerprint density at radius 2 is 2.00 bits per heavy atom. The fourth-order valence-corrected chi connectivity index (χ4v) is 5.28. The van der Waals surface area contributed by atoms with Gasteiger partial charge in [-0.15, -0.1) is 11.3 Å². The van der Waals surface area contributed by atoms with Crippen molar-refractivity contribution < 1.29 is 8.42 Å². The summed E-state index contributed by atoms with van der Waals surface area (Å²) in [5.74, 6) is 0.239. The Kier molecular flexibility index (Phi) is 7.75. The van der Waals surface area contributed by atoms with E-state index in [0.29, 0.717) is 0 Å². The van der Waals surface area contributed by atoms with Gasteiger partial charge in [0.1, 0.15) is 2.14 Å². The zero-order chi connectivity index (χ0) is 19.5. The van der Waals surface area contributed by atoms with Crippen LogP contribution in [0, 0.1) is 0 Å². The summed E-state index contributed by atoms with van der Waals surface area (Å²) in [7, 11) is -3.44. The van der Waals surface area contributed by atoms with Gasteiger partial charge in [-0.3, -0.25) is 9.29 Å². The summed E-state index contributed by atoms with van der Waals surface area (Å²) in [5.41, 5.74) is 2.71. The SMILES string of the molecule is CC(C)c1scc(CCC(Br)(Br)Br)c1N(Cc1cccnc1)S(C)(=O)=O. The Balaban J connectivity index is 2.49. The number of pyridine rings is 1. The molecule has 0 N–H and O–H groups in total. The minimum Gasteiger partial charge on any atom is -0.265 e. The largest absolute Gasteiger partial charge is 0.265 e. The Labute approximate surface area is 184 Å². The molecule has 4 nitrogen and oxygen atoms in total. The molecular formula is C17H21Br3N2O2S2. The number of aromatic nitrogens is 1. The number of rotatable bonds is 7. The van der Waals surface area contributed by atoms with Crippen molar-refractivity contribution >= 4 is 74.8 Å². The molecule has 0 radical (unpaired) electrons. The molecule has 26 heavy (non-hydrogen) atoms. The molecule has 0 spiro atoms. The first-order chi connectivity index (χ1) is 12.0. The highest BCUT2D eigenvalue weighted by atomic mass is 80.0. The van der Waals surface area contributed by atoms with E-state index in [1.807, 2.05) is 12.1 Å². The van der Waals surface area contributed by atoms with Gasteiger partial charge in [0.05, 0.1) is 18.5 Å². The van der Waals surface area contributed by atoms with E-state index in [1.54, 1.807) is 23.7 Å². The molecular weight excluding hydrogens is 568 g/mol. The van der Waals surface area contributed by atoms with E-state index in [-0.39, 0.29) is 14.6 Å². The summed E-state index contributed by atoms with van der Waals surface area (Å²) >= 11 is 12.2. The molecule has 0 aliphatic carbocycles. The maximum atomic E-state index is 12.6. The smallest absolute Gasteiger partial charge is 0.232 e. The number of hydrogen-bond donors (Lipinski definition) is 0. The molecule has 0 saturated heterocycles. The fraction of sp³-hybridized carbons (Fsp3) is 0.471. The van der Waals surface area contributed by atoms with Crippen LogP contribution in [-0.4, -0.2) is 21.8 Å². The molecule has 9 heteroatoms. The molecule has 2 heterocycles. The molecule has 0 amide bonds. The maximum absolute atomic E-state index is 12.6. The normalized spacial score (nSPS) is 12.6. The second-order valence-corrected chi connectivity index (χ2v) is 16.4. The van der Waals surface area contributed by atoms with Crippen LogP contribution in [0.1, 0.15) is 42.2 Å². The Bertz CT molecular complexity index is 831. The third kappa shape index (κ3) is 6.29. The average Bonchev–Trinajstić information content (AvgIpc) is 2.93. The Morgan fingerprint density at radius 1 is 1.31 bits per heavy atom. The van der Waals surface area contributed by atoms with Crippen LogP contribution in [0.3, 0.4) is 0 Å². The van der Waals surface area contributed by atoms with Crippen LogP contribution in [0.5, 0.6) is 0 Å². The first-order valence-electron chi connectivity index (χ1n) is 8.02. The van der Waals surface area contributed by atoms with Gasteiger partial charge in [0.25, 0.3) is 0 Å². The van der Waals surface area contributed by atoms with Crippen molar-refractivity contribution in [3.05, 3.63) is 45.9 Å². The number of alkyl halides is 3. The van der Waals surface area contributed by atoms with E-state index in [0.717, 1.165) is 34.5 Å². The van der Waals surface area contributed by atoms with Gasteiger partial charge >= 0.3 is 0 Å². The molecule has 0 unspecified atom stereocenters. The monoisotopic (exact) mass is 586 g/mol. The summed E-state index contributed by atoms with van der Waals surface area (Å²) in [4.78, 5) is 5.19. The fourth-order valence-electron chi connectivity index (χ4n) is 2.57. The van der Waals surface area contributed by atoms with Gasteiger partial charge in [-0.1, -0.05) is 67.7 Å². The predicted octanol–water partition coefficient (Wildman–Crippen LogP) is 6.00. The highest BCUT2D eigenvalue weighted by Gasteiger charge is 2.28. The summed E-state index contributed by atoms with van der Waals surface area (Å²) in [6, 6.07) is 3.72. The van der Waals surface area contributed by atoms with E-state index in [9.17, 15) is 8.42 Å². The number of thiophene rings is 1. The van der Waals surface area contributed by atoms with Gasteiger partial charge in [-0.2, -0.15) is 0 Å². The molecule has 0 aliphatic rings. The van der Waals surface area contributed by atoms with Crippen molar-refractivity contribution in [2.75, 3.05) is 10.6 Å². The summed E-state index contributed by atoms with van der Waals surface area (Å²) < 4.78 is 26.4. The van der Waals surface area contributed by atoms with E-state index in [4.69, 9.17) is 0 Å². The van der Waals surface area contributed by atoms with Gasteiger partial charge < -0.3 is 0 Å². The van der Waals surface area contributed by atoms with E-state index < -0.39 is 10.0 Å². The third-order valence-electron chi connectivity index (χ3n) is 3.77. The Hall–Kier alpha value is 0.0400. The highest BCUT2D eigenvalue weighted by Crippen LogP contribution is 2.43. The van der Waals surface area contributed by atoms with Gasteiger partial charge in [0.2, 0.25) is 10.0 Å². The minimum atomic E-state index is -3.44. The number of anilines is 1. The minimum absolute atomic E-state index is 0.239. The van der Waals surface area contributed by atoms with Crippen LogP contribution < -0.4 is 4.31 Å². The van der Waals surface area contributed by atoms with E-state index >= 15 is 0 Å². The standard InChI is InChI=1S/C17H21Br3N2O2S2/c1-12(2)16-15(14(11-25-16)6-7-17(18,19)20)22(26(3,23)24)10-13-5-4-8-21-9-13/h4-5,8-9,11-12H,6-7,10H2,1-3H3. The molecule has 0 aromatic carbocycles. The lowest BCUT2D eigenvalue weighted by atomic mass is 10.1. The number of nitrogens with zero attached hydrogens (tertiary/aromatic N) is 2. The third-order valence-corrected chi connectivity index (χ3v) is 7.39. The van der Waals surface area contributed by atoms with Crippen LogP contribution in [0.25, 0.3) is 0 Å². The van der Waals surface area contributed by atoms with Crippen LogP contribution in [0.2, 0.25) is 0 Å². The zero-order valence-corrected chi connectivity index (χ0v) is 21.1. The molecule has 144 valence electrons. The number of halogens is 3. The van der Waals surface area contributed by atoms with Crippen molar-refractivity contribution in [3.8, 4) is 0 Å². The van der Waals surface area contributed by atoms with Crippen molar-refractivity contribution in [1.29, 1.82) is 0 Å². The summed E-state index contributed by atoms with van der Waals surface area (Å²) in [6.07, 6.45) is 6.15. The molecule has 2 aromatic rings. The van der Waals surface area contributed by atoms with Crippen LogP contribution >= 0.6 is 59.1 Å². The quantitative estimate of drug-likeness (QED) is 0.373. The lowest BCUT2D eigenvalue weighted by Crippen LogP contribution is -2.30. The second kappa shape index (κ2) is 9.03. The number of hydrogen-bond acceptors (Lipinski definition) is 4. The summed E-state index contributed by atoms with van der Waals surface area (Å²) in [6.45, 7) is 4.46. The van der Waals surface area contributed by atoms with Crippen LogP contribution in [0.4, 0.5) is 5.69 Å². The van der Waals surface area contributed by atoms with E-state index in [2.05, 4.69) is 72.0 Å². The van der Waals surface area contributed by atoms with Gasteiger partial charge in [0, 0.05) is 17.3 Å². The maximum Gasteiger partial charge on any atom is 0.232 e. The van der Waals surface area contributed by atoms with E-state index in [1.165, 1.54) is 10.6 Å². The van der Waals surface area contributed by atoms with Gasteiger partial charge in [0.15, 0.2) is 0 Å². The molecule has 0 atom stereocenters. The zero-order valence-electron chi connectivity index (χ0n) is 14.7. The molecule has 2 aromatic heterocycles. The number of sulfonamides is 1. The topological polar surface area (TPSA) is 50.3 Å². The van der Waals surface area contributed by atoms with Crippen molar-refractivity contribution in [2.45, 2.75) is 41.3 Å². The molecule has 0 saturated carbocycles. The molecule has 0 bridgehead atoms. The van der Waals surface area contributed by atoms with Crippen molar-refractivity contribution in [3.63, 3.8) is 0 Å².